The first-order chi connectivity index (χ1) is 17.1. The van der Waals surface area contributed by atoms with Gasteiger partial charge in [-0.3, -0.25) is 4.90 Å². The zero-order chi connectivity index (χ0) is 25.9. The molecule has 2 aliphatic rings. The summed E-state index contributed by atoms with van der Waals surface area (Å²) in [4.78, 5) is 40.0. The van der Waals surface area contributed by atoms with Gasteiger partial charge in [0.25, 0.3) is 0 Å². The van der Waals surface area contributed by atoms with Gasteiger partial charge in [0.1, 0.15) is 18.2 Å². The third-order valence-corrected chi connectivity index (χ3v) is 6.40. The van der Waals surface area contributed by atoms with E-state index in [-0.39, 0.29) is 25.2 Å². The molecule has 2 amide bonds. The lowest BCUT2D eigenvalue weighted by molar-refractivity contribution is -0.140. The predicted octanol–water partition coefficient (Wildman–Crippen LogP) is 3.53. The third kappa shape index (κ3) is 5.96. The Hall–Kier alpha value is -3.59. The number of rotatable bonds is 6. The van der Waals surface area contributed by atoms with Crippen molar-refractivity contribution < 1.29 is 29.0 Å². The van der Waals surface area contributed by atoms with Crippen molar-refractivity contribution in [3.63, 3.8) is 0 Å². The van der Waals surface area contributed by atoms with Gasteiger partial charge >= 0.3 is 18.2 Å². The van der Waals surface area contributed by atoms with Gasteiger partial charge in [0, 0.05) is 38.6 Å². The van der Waals surface area contributed by atoms with Crippen LogP contribution in [0.4, 0.5) is 9.59 Å². The van der Waals surface area contributed by atoms with Crippen molar-refractivity contribution in [2.24, 2.45) is 0 Å². The fraction of sp³-hybridized carbons (Fsp3) is 0.444. The van der Waals surface area contributed by atoms with E-state index in [0.717, 1.165) is 11.1 Å². The quantitative estimate of drug-likeness (QED) is 0.631. The molecule has 2 N–H and O–H groups in total. The second-order valence-electron chi connectivity index (χ2n) is 10.1. The number of nitrogens with zero attached hydrogens (tertiary/aromatic N) is 2. The number of alkyl carbamates (subject to hydrolysis) is 1. The Labute approximate surface area is 211 Å². The van der Waals surface area contributed by atoms with Gasteiger partial charge in [-0.2, -0.15) is 0 Å². The standard InChI is InChI=1S/C27H33N3O6/c1-27(2,3)36-25(33)28-23(24(31)32)16-29-12-14-30(15-13-29)26(34)35-17-22-20-10-6-4-8-18(20)19-9-5-7-11-21(19)22/h4-11,22-23H,12-17H2,1-3H3,(H,28,33)(H,31,32). The molecule has 0 aromatic heterocycles. The van der Waals surface area contributed by atoms with Crippen molar-refractivity contribution >= 4 is 18.2 Å². The number of hydrogen-bond acceptors (Lipinski definition) is 6. The van der Waals surface area contributed by atoms with Crippen molar-refractivity contribution in [2.45, 2.75) is 38.3 Å². The maximum absolute atomic E-state index is 12.8. The molecule has 2 aromatic rings. The normalized spacial score (nSPS) is 16.6. The molecule has 192 valence electrons. The summed E-state index contributed by atoms with van der Waals surface area (Å²) >= 11 is 0. The average molecular weight is 496 g/mol. The summed E-state index contributed by atoms with van der Waals surface area (Å²) in [5.74, 6) is -1.14. The van der Waals surface area contributed by atoms with Gasteiger partial charge in [0.2, 0.25) is 0 Å². The molecule has 9 heteroatoms. The number of carboxylic acid groups (broad SMARTS) is 1. The number of fused-ring (bicyclic) bond motifs is 3. The molecule has 36 heavy (non-hydrogen) atoms. The predicted molar refractivity (Wildman–Crippen MR) is 134 cm³/mol. The molecular formula is C27H33N3O6. The van der Waals surface area contributed by atoms with Crippen molar-refractivity contribution in [2.75, 3.05) is 39.3 Å². The van der Waals surface area contributed by atoms with Gasteiger partial charge < -0.3 is 24.8 Å². The summed E-state index contributed by atoms with van der Waals surface area (Å²) in [5.41, 5.74) is 3.95. The Bertz CT molecular complexity index is 1070. The van der Waals surface area contributed by atoms with E-state index in [0.29, 0.717) is 26.2 Å². The van der Waals surface area contributed by atoms with Gasteiger partial charge in [-0.15, -0.1) is 0 Å². The zero-order valence-corrected chi connectivity index (χ0v) is 20.9. The number of ether oxygens (including phenoxy) is 2. The molecular weight excluding hydrogens is 462 g/mol. The van der Waals surface area contributed by atoms with E-state index in [2.05, 4.69) is 29.6 Å². The fourth-order valence-corrected chi connectivity index (χ4v) is 4.69. The number of hydrogen-bond donors (Lipinski definition) is 2. The maximum Gasteiger partial charge on any atom is 0.409 e. The minimum atomic E-state index is -1.14. The Balaban J connectivity index is 1.28. The van der Waals surface area contributed by atoms with Crippen LogP contribution >= 0.6 is 0 Å². The SMILES string of the molecule is CC(C)(C)OC(=O)NC(CN1CCN(C(=O)OCC2c3ccccc3-c3ccccc32)CC1)C(=O)O. The van der Waals surface area contributed by atoms with Crippen molar-refractivity contribution in [1.82, 2.24) is 15.1 Å². The van der Waals surface area contributed by atoms with Crippen LogP contribution < -0.4 is 5.32 Å². The Morgan fingerprint density at radius 1 is 0.972 bits per heavy atom. The van der Waals surface area contributed by atoms with Gasteiger partial charge in [-0.05, 0) is 43.0 Å². The first-order valence-corrected chi connectivity index (χ1v) is 12.2. The number of aliphatic carboxylic acids is 1. The second-order valence-corrected chi connectivity index (χ2v) is 10.1. The van der Waals surface area contributed by atoms with E-state index in [1.807, 2.05) is 29.2 Å². The number of piperazine rings is 1. The Morgan fingerprint density at radius 3 is 2.06 bits per heavy atom. The van der Waals surface area contributed by atoms with Gasteiger partial charge in [-0.1, -0.05) is 48.5 Å². The molecule has 1 aliphatic heterocycles. The van der Waals surface area contributed by atoms with Crippen LogP contribution in [0.1, 0.15) is 37.8 Å². The van der Waals surface area contributed by atoms with Crippen LogP contribution in [0, 0.1) is 0 Å². The van der Waals surface area contributed by atoms with E-state index in [1.54, 1.807) is 25.7 Å². The van der Waals surface area contributed by atoms with Gasteiger partial charge in [0.15, 0.2) is 0 Å². The molecule has 1 atom stereocenters. The number of benzene rings is 2. The van der Waals surface area contributed by atoms with Gasteiger partial charge in [0.05, 0.1) is 0 Å². The molecule has 1 heterocycles. The second kappa shape index (κ2) is 10.6. The molecule has 0 saturated carbocycles. The molecule has 2 aromatic carbocycles. The molecule has 0 spiro atoms. The highest BCUT2D eigenvalue weighted by molar-refractivity contribution is 5.80. The number of amides is 2. The minimum Gasteiger partial charge on any atom is -0.480 e. The average Bonchev–Trinajstić information content (AvgIpc) is 3.15. The molecule has 1 fully saturated rings. The van der Waals surface area contributed by atoms with E-state index >= 15 is 0 Å². The van der Waals surface area contributed by atoms with Crippen LogP contribution in [0.2, 0.25) is 0 Å². The largest absolute Gasteiger partial charge is 0.480 e. The monoisotopic (exact) mass is 495 g/mol. The minimum absolute atomic E-state index is 0.00195. The topological polar surface area (TPSA) is 108 Å². The molecule has 1 aliphatic carbocycles. The van der Waals surface area contributed by atoms with E-state index in [9.17, 15) is 19.5 Å². The van der Waals surface area contributed by atoms with Crippen LogP contribution in [0.15, 0.2) is 48.5 Å². The summed E-state index contributed by atoms with van der Waals surface area (Å²) in [6.45, 7) is 7.29. The van der Waals surface area contributed by atoms with E-state index in [4.69, 9.17) is 9.47 Å². The first kappa shape index (κ1) is 25.5. The van der Waals surface area contributed by atoms with Crippen LogP contribution in [0.3, 0.4) is 0 Å². The Morgan fingerprint density at radius 2 is 1.53 bits per heavy atom. The first-order valence-electron chi connectivity index (χ1n) is 12.2. The van der Waals surface area contributed by atoms with E-state index in [1.165, 1.54) is 11.1 Å². The van der Waals surface area contributed by atoms with Crippen molar-refractivity contribution in [1.29, 1.82) is 0 Å². The van der Waals surface area contributed by atoms with Crippen LogP contribution in [-0.2, 0) is 14.3 Å². The fourth-order valence-electron chi connectivity index (χ4n) is 4.69. The van der Waals surface area contributed by atoms with Crippen LogP contribution in [0.25, 0.3) is 11.1 Å². The van der Waals surface area contributed by atoms with Crippen LogP contribution in [-0.4, -0.2) is 84.0 Å². The van der Waals surface area contributed by atoms with Gasteiger partial charge in [-0.25, -0.2) is 14.4 Å². The summed E-state index contributed by atoms with van der Waals surface area (Å²) in [7, 11) is 0. The lowest BCUT2D eigenvalue weighted by Gasteiger charge is -2.35. The maximum atomic E-state index is 12.8. The van der Waals surface area contributed by atoms with Crippen LogP contribution in [0.5, 0.6) is 0 Å². The Kier molecular flexibility index (Phi) is 7.49. The molecule has 1 saturated heterocycles. The lowest BCUT2D eigenvalue weighted by Crippen LogP contribution is -2.55. The molecule has 0 bridgehead atoms. The number of carboxylic acids is 1. The smallest absolute Gasteiger partial charge is 0.409 e. The summed E-state index contributed by atoms with van der Waals surface area (Å²) in [5, 5.41) is 11.9. The third-order valence-electron chi connectivity index (χ3n) is 6.40. The molecule has 0 radical (unpaired) electrons. The molecule has 1 unspecified atom stereocenters. The summed E-state index contributed by atoms with van der Waals surface area (Å²) in [6.07, 6.45) is -1.15. The molecule has 9 nitrogen and oxygen atoms in total. The zero-order valence-electron chi connectivity index (χ0n) is 20.9. The lowest BCUT2D eigenvalue weighted by atomic mass is 9.98. The summed E-state index contributed by atoms with van der Waals surface area (Å²) in [6, 6.07) is 15.3. The highest BCUT2D eigenvalue weighted by Gasteiger charge is 2.32. The number of nitrogens with one attached hydrogen (secondary N) is 1. The number of carbonyl (C=O) groups excluding carboxylic acids is 2. The van der Waals surface area contributed by atoms with Crippen molar-refractivity contribution in [3.05, 3.63) is 59.7 Å². The highest BCUT2D eigenvalue weighted by atomic mass is 16.6. The summed E-state index contributed by atoms with van der Waals surface area (Å²) < 4.78 is 10.9. The molecule has 4 rings (SSSR count). The van der Waals surface area contributed by atoms with E-state index < -0.39 is 23.7 Å². The number of carbonyl (C=O) groups is 3. The van der Waals surface area contributed by atoms with Crippen molar-refractivity contribution in [3.8, 4) is 11.1 Å². The highest BCUT2D eigenvalue weighted by Crippen LogP contribution is 2.44.